The van der Waals surface area contributed by atoms with Crippen LogP contribution in [0.3, 0.4) is 0 Å². The van der Waals surface area contributed by atoms with Gasteiger partial charge in [0.25, 0.3) is 0 Å². The zero-order valence-corrected chi connectivity index (χ0v) is 13.7. The van der Waals surface area contributed by atoms with Crippen molar-refractivity contribution in [2.75, 3.05) is 13.1 Å². The number of rotatable bonds is 7. The maximum absolute atomic E-state index is 10.8. The van der Waals surface area contributed by atoms with E-state index in [1.165, 1.54) is 0 Å². The fourth-order valence-electron chi connectivity index (χ4n) is 0.957. The summed E-state index contributed by atoms with van der Waals surface area (Å²) < 4.78 is 0. The molecule has 0 aromatic carbocycles. The smallest absolute Gasteiger partial charge is 0.344 e. The van der Waals surface area contributed by atoms with Gasteiger partial charge in [0.1, 0.15) is 0 Å². The van der Waals surface area contributed by atoms with E-state index < -0.39 is 23.9 Å². The van der Waals surface area contributed by atoms with Gasteiger partial charge in [-0.05, 0) is 0 Å². The molecule has 0 saturated carbocycles. The quantitative estimate of drug-likeness (QED) is 0.467. The Bertz CT molecular complexity index is 324. The molecule has 0 bridgehead atoms. The minimum absolute atomic E-state index is 0. The third-order valence-corrected chi connectivity index (χ3v) is 1.39. The molecular weight excluding hydrogens is 346 g/mol. The molecule has 0 radical (unpaired) electrons. The van der Waals surface area contributed by atoms with Gasteiger partial charge >= 0.3 is 40.9 Å². The number of hydrogen-bond donors (Lipinski definition) is 1. The van der Waals surface area contributed by atoms with E-state index in [2.05, 4.69) is 19.4 Å². The summed E-state index contributed by atoms with van der Waals surface area (Å²) in [7, 11) is 0. The van der Waals surface area contributed by atoms with Gasteiger partial charge in [-0.25, -0.2) is 0 Å². The van der Waals surface area contributed by atoms with Crippen molar-refractivity contribution in [2.24, 2.45) is 0 Å². The molecule has 12 heteroatoms. The fourth-order valence-corrected chi connectivity index (χ4v) is 0.957. The average molecular weight is 365 g/mol. The van der Waals surface area contributed by atoms with Crippen LogP contribution in [-0.4, -0.2) is 47.4 Å². The van der Waals surface area contributed by atoms with E-state index in [0.717, 1.165) is 27.7 Å². The van der Waals surface area contributed by atoms with Crippen LogP contribution in [0, 0.1) is 0 Å². The Morgan fingerprint density at radius 3 is 0.955 bits per heavy atom. The molecule has 0 spiro atoms. The zero-order valence-electron chi connectivity index (χ0n) is 12.6. The van der Waals surface area contributed by atoms with Crippen LogP contribution >= 0.6 is 0 Å². The van der Waals surface area contributed by atoms with Crippen LogP contribution in [0.5, 0.6) is 0 Å². The second-order valence-corrected chi connectivity index (χ2v) is 3.44. The van der Waals surface area contributed by atoms with E-state index in [1.807, 2.05) is 0 Å². The number of hydroxylamine groups is 4. The minimum Gasteiger partial charge on any atom is -0.344 e. The summed E-state index contributed by atoms with van der Waals surface area (Å²) in [5, 5.41) is 1.15. The molecule has 0 amide bonds. The molecule has 128 valence electrons. The summed E-state index contributed by atoms with van der Waals surface area (Å²) in [6, 6.07) is 0. The monoisotopic (exact) mass is 365 g/mol. The normalized spacial score (nSPS) is 9.18. The summed E-state index contributed by atoms with van der Waals surface area (Å²) in [4.78, 5) is 61.4. The van der Waals surface area contributed by atoms with Gasteiger partial charge in [-0.2, -0.15) is 0 Å². The molecule has 0 unspecified atom stereocenters. The molecule has 0 aromatic heterocycles. The van der Waals surface area contributed by atoms with Crippen LogP contribution in [0.4, 0.5) is 0 Å². The first-order valence-corrected chi connectivity index (χ1v) is 5.50. The van der Waals surface area contributed by atoms with E-state index in [1.54, 1.807) is 0 Å². The summed E-state index contributed by atoms with van der Waals surface area (Å²) in [5.41, 5.74) is 0. The molecule has 0 aliphatic carbocycles. The summed E-state index contributed by atoms with van der Waals surface area (Å²) >= 11 is 0. The fraction of sp³-hybridized carbons (Fsp3) is 0.600. The summed E-state index contributed by atoms with van der Waals surface area (Å²) in [6.07, 6.45) is 0. The van der Waals surface area contributed by atoms with Gasteiger partial charge in [-0.1, -0.05) is 0 Å². The number of carbonyl (C=O) groups is 4. The van der Waals surface area contributed by atoms with Gasteiger partial charge in [-0.3, -0.25) is 19.2 Å². The van der Waals surface area contributed by atoms with Crippen molar-refractivity contribution in [3.8, 4) is 0 Å². The second-order valence-electron chi connectivity index (χ2n) is 3.44. The van der Waals surface area contributed by atoms with Gasteiger partial charge in [0, 0.05) is 38.1 Å². The van der Waals surface area contributed by atoms with E-state index in [0.29, 0.717) is 10.5 Å². The average Bonchev–Trinajstić information content (AvgIpc) is 2.22. The summed E-state index contributed by atoms with van der Waals surface area (Å²) in [5.74, 6) is -2.90. The molecule has 0 heterocycles. The van der Waals surface area contributed by atoms with Crippen molar-refractivity contribution in [2.45, 2.75) is 27.7 Å². The topological polar surface area (TPSA) is 147 Å². The van der Waals surface area contributed by atoms with Gasteiger partial charge in [0.15, 0.2) is 0 Å². The van der Waals surface area contributed by atoms with E-state index in [4.69, 9.17) is 0 Å². The molecule has 3 N–H and O–H groups in total. The Labute approximate surface area is 137 Å². The third kappa shape index (κ3) is 14.7. The zero-order chi connectivity index (χ0) is 15.7. The Hall–Kier alpha value is -1.72. The largest absolute Gasteiger partial charge is 2.00 e. The maximum Gasteiger partial charge on any atom is 2.00 e. The Morgan fingerprint density at radius 1 is 0.636 bits per heavy atom. The van der Waals surface area contributed by atoms with E-state index >= 15 is 0 Å². The Kier molecular flexibility index (Phi) is 14.9. The molecule has 0 aromatic rings. The molecule has 0 saturated heterocycles. The van der Waals surface area contributed by atoms with Gasteiger partial charge in [0.2, 0.25) is 0 Å². The van der Waals surface area contributed by atoms with Crippen molar-refractivity contribution in [1.29, 1.82) is 0 Å². The molecule has 0 aliphatic rings. The first-order valence-electron chi connectivity index (χ1n) is 5.50. The van der Waals surface area contributed by atoms with Crippen LogP contribution in [0.15, 0.2) is 0 Å². The molecule has 22 heavy (non-hydrogen) atoms. The maximum atomic E-state index is 10.8. The first-order chi connectivity index (χ1) is 9.20. The van der Waals surface area contributed by atoms with Crippen LogP contribution < -0.4 is 6.15 Å². The van der Waals surface area contributed by atoms with E-state index in [-0.39, 0.29) is 36.3 Å². The number of hydrogen-bond acceptors (Lipinski definition) is 11. The standard InChI is InChI=1S/C10H16N2O8.Fe.H3N/c1-7(13)17-11(18-8(2)14)5-6-12(19-9(3)15)20-10(4)16;;/h5-6H2,1-4H3;;1H3/q;+2;. The second kappa shape index (κ2) is 13.0. The molecule has 0 fully saturated rings. The van der Waals surface area contributed by atoms with Crippen LogP contribution in [0.25, 0.3) is 0 Å². The van der Waals surface area contributed by atoms with Crippen molar-refractivity contribution in [3.63, 3.8) is 0 Å². The van der Waals surface area contributed by atoms with Gasteiger partial charge in [0.05, 0.1) is 13.1 Å². The van der Waals surface area contributed by atoms with Crippen molar-refractivity contribution in [1.82, 2.24) is 16.6 Å². The summed E-state index contributed by atoms with van der Waals surface area (Å²) in [6.45, 7) is 3.97. The predicted molar refractivity (Wildman–Crippen MR) is 65.5 cm³/mol. The predicted octanol–water partition coefficient (Wildman–Crippen LogP) is -0.338. The Morgan fingerprint density at radius 2 is 0.818 bits per heavy atom. The van der Waals surface area contributed by atoms with Crippen LogP contribution in [-0.2, 0) is 55.6 Å². The van der Waals surface area contributed by atoms with Crippen molar-refractivity contribution >= 4 is 23.9 Å². The molecule has 11 nitrogen and oxygen atoms in total. The minimum atomic E-state index is -0.724. The molecular formula is C10H19FeN3O8+2. The molecule has 0 atom stereocenters. The van der Waals surface area contributed by atoms with Crippen molar-refractivity contribution in [3.05, 3.63) is 0 Å². The van der Waals surface area contributed by atoms with Crippen LogP contribution in [0.2, 0.25) is 0 Å². The molecule has 0 aliphatic heterocycles. The van der Waals surface area contributed by atoms with Gasteiger partial charge < -0.3 is 25.5 Å². The first kappa shape index (κ1) is 25.2. The van der Waals surface area contributed by atoms with Crippen LogP contribution in [0.1, 0.15) is 27.7 Å². The SMILES string of the molecule is CC(=O)ON(CCN(OC(C)=O)OC(C)=O)OC(C)=O.N.[Fe+2]. The van der Waals surface area contributed by atoms with Crippen molar-refractivity contribution < 1.29 is 55.6 Å². The number of nitrogens with zero attached hydrogens (tertiary/aromatic N) is 2. The Balaban J connectivity index is -0.00000180. The molecule has 0 rings (SSSR count). The number of carbonyl (C=O) groups excluding carboxylic acids is 4. The third-order valence-electron chi connectivity index (χ3n) is 1.39. The van der Waals surface area contributed by atoms with E-state index in [9.17, 15) is 19.2 Å². The van der Waals surface area contributed by atoms with Gasteiger partial charge in [-0.15, -0.1) is 0 Å².